The van der Waals surface area contributed by atoms with Gasteiger partial charge in [0.1, 0.15) is 0 Å². The fourth-order valence-electron chi connectivity index (χ4n) is 1.71. The molecule has 31 heavy (non-hydrogen) atoms. The van der Waals surface area contributed by atoms with Crippen LogP contribution < -0.4 is 71.7 Å². The molecule has 0 spiro atoms. The van der Waals surface area contributed by atoms with Gasteiger partial charge in [-0.25, -0.2) is 20.3 Å². The molecule has 1 rings (SSSR count). The molecule has 0 aromatic heterocycles. The molecule has 0 heterocycles. The van der Waals surface area contributed by atoms with Crippen molar-refractivity contribution in [2.75, 3.05) is 49.7 Å². The topological polar surface area (TPSA) is 112 Å². The number of nitrogens with one attached hydrogen (secondary N) is 4. The first-order valence-electron chi connectivity index (χ1n) is 8.68. The predicted molar refractivity (Wildman–Crippen MR) is 131 cm³/mol. The van der Waals surface area contributed by atoms with E-state index in [1.165, 1.54) is 0 Å². The van der Waals surface area contributed by atoms with Gasteiger partial charge in [0.05, 0.1) is 6.61 Å². The summed E-state index contributed by atoms with van der Waals surface area (Å²) in [6.07, 6.45) is 0. The molecule has 0 unspecified atom stereocenters. The molecule has 15 heteroatoms. The van der Waals surface area contributed by atoms with E-state index in [0.29, 0.717) is 49.7 Å². The molecule has 8 nitrogen and oxygen atoms in total. The van der Waals surface area contributed by atoms with Crippen LogP contribution in [0.4, 0.5) is 0 Å². The first-order valence-corrected chi connectivity index (χ1v) is 14.1. The molecule has 0 aliphatic heterocycles. The molecule has 0 bridgehead atoms. The maximum Gasteiger partial charge on any atom is 1.00 e. The van der Waals surface area contributed by atoms with Crippen LogP contribution in [0.1, 0.15) is 14.4 Å². The molecule has 5 N–H and O–H groups in total. The van der Waals surface area contributed by atoms with Gasteiger partial charge >= 0.3 is 66.7 Å². The van der Waals surface area contributed by atoms with E-state index < -0.39 is 15.3 Å². The molecule has 0 aliphatic carbocycles. The van der Waals surface area contributed by atoms with Crippen molar-refractivity contribution in [3.63, 3.8) is 0 Å². The second-order valence-corrected chi connectivity index (χ2v) is 10.6. The van der Waals surface area contributed by atoms with E-state index >= 15 is 0 Å². The van der Waals surface area contributed by atoms with Crippen LogP contribution in [0, 0.1) is 0 Å². The summed E-state index contributed by atoms with van der Waals surface area (Å²) in [5.41, 5.74) is 0.957. The monoisotopic (exact) mass is 586 g/mol. The molecule has 1 aromatic rings. The minimum atomic E-state index is -3.39. The Balaban J connectivity index is -0.000000247. The SMILES string of the molecule is C.O=P(NCCCl)(NCCCl)OCc1ccccc1.O=P(O)(NCCCl)NCCCl.[H-].[K+]. The third-order valence-electron chi connectivity index (χ3n) is 2.93. The Morgan fingerprint density at radius 2 is 1.19 bits per heavy atom. The third-order valence-corrected chi connectivity index (χ3v) is 6.76. The first-order chi connectivity index (χ1) is 13.8. The van der Waals surface area contributed by atoms with Crippen molar-refractivity contribution in [3.05, 3.63) is 35.9 Å². The molecule has 180 valence electrons. The van der Waals surface area contributed by atoms with E-state index in [-0.39, 0.29) is 66.8 Å². The smallest absolute Gasteiger partial charge is 1.00 e. The van der Waals surface area contributed by atoms with Gasteiger partial charge in [0.2, 0.25) is 0 Å². The second kappa shape index (κ2) is 24.0. The number of alkyl halides is 4. The number of benzene rings is 1. The molecule has 0 fully saturated rings. The van der Waals surface area contributed by atoms with Crippen molar-refractivity contribution in [2.24, 2.45) is 0 Å². The maximum absolute atomic E-state index is 12.3. The van der Waals surface area contributed by atoms with Crippen LogP contribution in [-0.4, -0.2) is 54.6 Å². The molecule has 0 amide bonds. The standard InChI is InChI=1S/C11H17Cl2N2O2P.C4H11Cl2N2O2P.CH4.K.H/c12-6-8-14-18(16,15-9-7-13)17-10-11-4-2-1-3-5-11;5-1-3-7-11(9,10)8-4-2-6;;;/h1-5H,6-10H2,(H2,14,15,16);1-4H2,(H3,7,8,9,10);1H4;;/q;;;+1;-1. The van der Waals surface area contributed by atoms with Gasteiger partial charge < -0.3 is 10.8 Å². The Labute approximate surface area is 250 Å². The van der Waals surface area contributed by atoms with Crippen LogP contribution in [-0.2, 0) is 20.3 Å². The van der Waals surface area contributed by atoms with Gasteiger partial charge in [-0.1, -0.05) is 37.8 Å². The normalized spacial score (nSPS) is 11.0. The third kappa shape index (κ3) is 22.4. The summed E-state index contributed by atoms with van der Waals surface area (Å²) in [5.74, 6) is 1.32. The van der Waals surface area contributed by atoms with Gasteiger partial charge in [-0.05, 0) is 5.56 Å². The summed E-state index contributed by atoms with van der Waals surface area (Å²) < 4.78 is 28.7. The Morgan fingerprint density at radius 3 is 1.58 bits per heavy atom. The van der Waals surface area contributed by atoms with Crippen molar-refractivity contribution < 1.29 is 71.4 Å². The summed E-state index contributed by atoms with van der Waals surface area (Å²) in [5, 5.41) is 10.3. The van der Waals surface area contributed by atoms with Crippen LogP contribution in [0.15, 0.2) is 30.3 Å². The zero-order valence-corrected chi connectivity index (χ0v) is 24.8. The largest absolute Gasteiger partial charge is 1.00 e. The van der Waals surface area contributed by atoms with Gasteiger partial charge in [0, 0.05) is 49.7 Å². The zero-order valence-electron chi connectivity index (χ0n) is 17.8. The fraction of sp³-hybridized carbons (Fsp3) is 0.625. The van der Waals surface area contributed by atoms with Gasteiger partial charge in [-0.2, -0.15) is 0 Å². The average Bonchev–Trinajstić information content (AvgIpc) is 2.73. The van der Waals surface area contributed by atoms with Crippen LogP contribution in [0.5, 0.6) is 0 Å². The zero-order chi connectivity index (χ0) is 22.0. The molecule has 0 atom stereocenters. The molecular formula is C16H33Cl4KN4O4P2. The summed E-state index contributed by atoms with van der Waals surface area (Å²) >= 11 is 21.7. The van der Waals surface area contributed by atoms with E-state index in [1.807, 2.05) is 30.3 Å². The summed E-state index contributed by atoms with van der Waals surface area (Å²) in [7, 11) is -6.48. The van der Waals surface area contributed by atoms with Crippen molar-refractivity contribution in [3.8, 4) is 0 Å². The predicted octanol–water partition coefficient (Wildman–Crippen LogP) is 1.46. The van der Waals surface area contributed by atoms with E-state index in [4.69, 9.17) is 55.8 Å². The van der Waals surface area contributed by atoms with E-state index in [2.05, 4.69) is 20.3 Å². The Bertz CT molecular complexity index is 609. The van der Waals surface area contributed by atoms with Gasteiger partial charge in [-0.15, -0.1) is 46.4 Å². The fourth-order valence-corrected chi connectivity index (χ4v) is 4.99. The molecular weight excluding hydrogens is 555 g/mol. The van der Waals surface area contributed by atoms with Crippen molar-refractivity contribution in [1.82, 2.24) is 20.3 Å². The van der Waals surface area contributed by atoms with Crippen molar-refractivity contribution in [2.45, 2.75) is 14.0 Å². The first kappa shape index (κ1) is 37.8. The summed E-state index contributed by atoms with van der Waals surface area (Å²) in [6, 6.07) is 9.55. The molecule has 0 aliphatic rings. The Morgan fingerprint density at radius 1 is 0.806 bits per heavy atom. The minimum absolute atomic E-state index is 0. The Kier molecular flexibility index (Phi) is 29.2. The molecule has 0 saturated heterocycles. The second-order valence-electron chi connectivity index (χ2n) is 5.27. The molecule has 0 saturated carbocycles. The summed E-state index contributed by atoms with van der Waals surface area (Å²) in [4.78, 5) is 8.99. The number of hydrogen-bond donors (Lipinski definition) is 5. The average molecular weight is 588 g/mol. The van der Waals surface area contributed by atoms with Crippen molar-refractivity contribution >= 4 is 61.7 Å². The molecule has 1 aromatic carbocycles. The quantitative estimate of drug-likeness (QED) is 0.119. The van der Waals surface area contributed by atoms with E-state index in [1.54, 1.807) is 0 Å². The summed E-state index contributed by atoms with van der Waals surface area (Å²) in [6.45, 7) is 1.67. The number of hydrogen-bond acceptors (Lipinski definition) is 3. The van der Waals surface area contributed by atoms with E-state index in [0.717, 1.165) is 5.56 Å². The number of halogens is 4. The van der Waals surface area contributed by atoms with Crippen LogP contribution in [0.3, 0.4) is 0 Å². The van der Waals surface area contributed by atoms with Crippen molar-refractivity contribution in [1.29, 1.82) is 0 Å². The van der Waals surface area contributed by atoms with Gasteiger partial charge in [-0.3, -0.25) is 9.13 Å². The van der Waals surface area contributed by atoms with Crippen LogP contribution >= 0.6 is 61.7 Å². The van der Waals surface area contributed by atoms with E-state index in [9.17, 15) is 9.13 Å². The molecule has 0 radical (unpaired) electrons. The van der Waals surface area contributed by atoms with Gasteiger partial charge in [0.25, 0.3) is 0 Å². The Hall–Kier alpha value is 2.24. The van der Waals surface area contributed by atoms with Gasteiger partial charge in [0.15, 0.2) is 0 Å². The van der Waals surface area contributed by atoms with Crippen LogP contribution in [0.25, 0.3) is 0 Å². The maximum atomic E-state index is 12.3. The minimum Gasteiger partial charge on any atom is -1.00 e. The number of rotatable bonds is 15. The van der Waals surface area contributed by atoms with Crippen LogP contribution in [0.2, 0.25) is 0 Å².